The first-order valence-corrected chi connectivity index (χ1v) is 7.37. The van der Waals surface area contributed by atoms with Crippen molar-refractivity contribution >= 4 is 33.4 Å². The molecule has 0 aliphatic carbocycles. The van der Waals surface area contributed by atoms with Crippen LogP contribution in [0, 0.1) is 0 Å². The molecule has 0 atom stereocenters. The zero-order chi connectivity index (χ0) is 14.8. The molecule has 0 aliphatic heterocycles. The smallest absolute Gasteiger partial charge is 0.273 e. The Balaban J connectivity index is 0.00000220. The molecule has 10 heteroatoms. The molecule has 1 heterocycles. The van der Waals surface area contributed by atoms with Crippen LogP contribution in [-0.4, -0.2) is 32.6 Å². The summed E-state index contributed by atoms with van der Waals surface area (Å²) < 4.78 is 56.1. The van der Waals surface area contributed by atoms with Crippen LogP contribution in [0.3, 0.4) is 0 Å². The number of aromatic nitrogens is 1. The van der Waals surface area contributed by atoms with Crippen molar-refractivity contribution in [2.45, 2.75) is 11.7 Å². The van der Waals surface area contributed by atoms with E-state index in [0.717, 1.165) is 0 Å². The fourth-order valence-corrected chi connectivity index (χ4v) is 2.66. The number of hydrogen-bond acceptors (Lipinski definition) is 5. The van der Waals surface area contributed by atoms with Gasteiger partial charge < -0.3 is 10.3 Å². The number of halogens is 3. The maximum Gasteiger partial charge on any atom is 0.273 e. The number of sulfonamides is 1. The second kappa shape index (κ2) is 6.65. The lowest BCUT2D eigenvalue weighted by Crippen LogP contribution is -2.41. The van der Waals surface area contributed by atoms with Crippen LogP contribution in [0.15, 0.2) is 28.8 Å². The molecule has 21 heavy (non-hydrogen) atoms. The Hall–Kier alpha value is -1.29. The molecule has 3 N–H and O–H groups in total. The highest BCUT2D eigenvalue weighted by Gasteiger charge is 2.29. The quantitative estimate of drug-likeness (QED) is 0.824. The molecule has 6 nitrogen and oxygen atoms in total. The Morgan fingerprint density at radius 2 is 2.00 bits per heavy atom. The Morgan fingerprint density at radius 3 is 2.67 bits per heavy atom. The van der Waals surface area contributed by atoms with E-state index < -0.39 is 34.8 Å². The molecule has 1 aromatic carbocycles. The van der Waals surface area contributed by atoms with Crippen molar-refractivity contribution in [3.05, 3.63) is 30.0 Å². The average molecular weight is 342 g/mol. The summed E-state index contributed by atoms with van der Waals surface area (Å²) in [7, 11) is -3.95. The minimum atomic E-state index is -3.95. The van der Waals surface area contributed by atoms with Gasteiger partial charge in [0.05, 0.1) is 13.1 Å². The van der Waals surface area contributed by atoms with Gasteiger partial charge in [0, 0.05) is 5.39 Å². The Kier molecular flexibility index (Phi) is 5.62. The summed E-state index contributed by atoms with van der Waals surface area (Å²) in [4.78, 5) is 0. The van der Waals surface area contributed by atoms with Crippen LogP contribution >= 0.6 is 12.4 Å². The van der Waals surface area contributed by atoms with Crippen molar-refractivity contribution in [2.24, 2.45) is 5.73 Å². The van der Waals surface area contributed by atoms with Gasteiger partial charge >= 0.3 is 0 Å². The summed E-state index contributed by atoms with van der Waals surface area (Å²) in [6.45, 7) is -1.97. The second-order valence-corrected chi connectivity index (χ2v) is 6.07. The number of nitrogens with zero attached hydrogens (tertiary/aromatic N) is 1. The van der Waals surface area contributed by atoms with Crippen LogP contribution in [-0.2, 0) is 15.8 Å². The van der Waals surface area contributed by atoms with Crippen molar-refractivity contribution in [1.29, 1.82) is 0 Å². The predicted molar refractivity (Wildman–Crippen MR) is 75.9 cm³/mol. The zero-order valence-corrected chi connectivity index (χ0v) is 12.4. The molecule has 0 saturated heterocycles. The van der Waals surface area contributed by atoms with Crippen LogP contribution < -0.4 is 10.5 Å². The molecule has 0 spiro atoms. The lowest BCUT2D eigenvalue weighted by atomic mass is 10.2. The lowest BCUT2D eigenvalue weighted by molar-refractivity contribution is 0.0170. The third-order valence-corrected chi connectivity index (χ3v) is 3.87. The number of para-hydroxylation sites is 1. The molecule has 0 amide bonds. The molecular weight excluding hydrogens is 328 g/mol. The van der Waals surface area contributed by atoms with Crippen LogP contribution in [0.5, 0.6) is 0 Å². The summed E-state index contributed by atoms with van der Waals surface area (Å²) >= 11 is 0. The highest BCUT2D eigenvalue weighted by molar-refractivity contribution is 7.88. The zero-order valence-electron chi connectivity index (χ0n) is 10.8. The highest BCUT2D eigenvalue weighted by Crippen LogP contribution is 2.19. The molecule has 118 valence electrons. The van der Waals surface area contributed by atoms with Crippen LogP contribution in [0.1, 0.15) is 5.69 Å². The summed E-state index contributed by atoms with van der Waals surface area (Å²) in [5, 5.41) is 4.17. The minimum Gasteiger partial charge on any atom is -0.356 e. The van der Waals surface area contributed by atoms with E-state index in [0.29, 0.717) is 11.0 Å². The summed E-state index contributed by atoms with van der Waals surface area (Å²) in [5.41, 5.74) is 5.44. The Labute approximate surface area is 126 Å². The number of benzene rings is 1. The predicted octanol–water partition coefficient (Wildman–Crippen LogP) is 1.26. The molecule has 1 aromatic heterocycles. The average Bonchev–Trinajstić information content (AvgIpc) is 2.80. The van der Waals surface area contributed by atoms with E-state index in [1.54, 1.807) is 24.3 Å². The number of rotatable bonds is 6. The first-order valence-electron chi connectivity index (χ1n) is 5.71. The lowest BCUT2D eigenvalue weighted by Gasteiger charge is -2.14. The minimum absolute atomic E-state index is 0. The van der Waals surface area contributed by atoms with Gasteiger partial charge in [0.15, 0.2) is 5.58 Å². The van der Waals surface area contributed by atoms with Gasteiger partial charge in [0.1, 0.15) is 11.4 Å². The van der Waals surface area contributed by atoms with E-state index in [9.17, 15) is 17.2 Å². The van der Waals surface area contributed by atoms with Gasteiger partial charge in [-0.3, -0.25) is 0 Å². The van der Waals surface area contributed by atoms with E-state index in [1.165, 1.54) is 0 Å². The van der Waals surface area contributed by atoms with Crippen molar-refractivity contribution in [2.75, 3.05) is 13.1 Å². The van der Waals surface area contributed by atoms with Crippen molar-refractivity contribution in [3.63, 3.8) is 0 Å². The van der Waals surface area contributed by atoms with Gasteiger partial charge in [-0.15, -0.1) is 12.4 Å². The van der Waals surface area contributed by atoms with Crippen molar-refractivity contribution < 1.29 is 21.7 Å². The van der Waals surface area contributed by atoms with Crippen LogP contribution in [0.25, 0.3) is 11.0 Å². The number of nitrogens with two attached hydrogens (primary N) is 1. The van der Waals surface area contributed by atoms with E-state index in [1.807, 2.05) is 4.72 Å². The van der Waals surface area contributed by atoms with E-state index >= 15 is 0 Å². The van der Waals surface area contributed by atoms with E-state index in [2.05, 4.69) is 5.16 Å². The largest absolute Gasteiger partial charge is 0.356 e. The highest BCUT2D eigenvalue weighted by atomic mass is 35.5. The fourth-order valence-electron chi connectivity index (χ4n) is 1.56. The molecule has 2 aromatic rings. The van der Waals surface area contributed by atoms with Gasteiger partial charge in [-0.25, -0.2) is 21.9 Å². The Morgan fingerprint density at radius 1 is 1.33 bits per heavy atom. The molecule has 2 rings (SSSR count). The van der Waals surface area contributed by atoms with Gasteiger partial charge in [0.2, 0.25) is 10.0 Å². The summed E-state index contributed by atoms with van der Waals surface area (Å²) in [5.74, 6) is -3.82. The fraction of sp³-hybridized carbons (Fsp3) is 0.364. The van der Waals surface area contributed by atoms with Crippen LogP contribution in [0.2, 0.25) is 0 Å². The normalized spacial score (nSPS) is 12.3. The second-order valence-electron chi connectivity index (χ2n) is 4.27. The third kappa shape index (κ3) is 4.60. The standard InChI is InChI=1S/C11H13F2N3O3S.ClH/c12-11(13,6-14)7-15-20(17,18)5-9-8-3-1-2-4-10(8)19-16-9;/h1-4,15H,5-7,14H2;1H. The molecule has 0 fully saturated rings. The maximum absolute atomic E-state index is 12.9. The first kappa shape index (κ1) is 17.8. The van der Waals surface area contributed by atoms with Gasteiger partial charge in [0.25, 0.3) is 5.92 Å². The summed E-state index contributed by atoms with van der Waals surface area (Å²) in [6.07, 6.45) is 0. The third-order valence-electron chi connectivity index (χ3n) is 2.63. The first-order chi connectivity index (χ1) is 9.33. The van der Waals surface area contributed by atoms with Crippen molar-refractivity contribution in [3.8, 4) is 0 Å². The topological polar surface area (TPSA) is 98.2 Å². The SMILES string of the molecule is Cl.NCC(F)(F)CNS(=O)(=O)Cc1noc2ccccc12. The van der Waals surface area contributed by atoms with Gasteiger partial charge in [-0.1, -0.05) is 17.3 Å². The number of alkyl halides is 2. The van der Waals surface area contributed by atoms with E-state index in [4.69, 9.17) is 10.3 Å². The maximum atomic E-state index is 12.9. The monoisotopic (exact) mass is 341 g/mol. The number of fused-ring (bicyclic) bond motifs is 1. The molecule has 0 bridgehead atoms. The Bertz CT molecular complexity index is 706. The molecule has 0 saturated carbocycles. The van der Waals surface area contributed by atoms with Crippen molar-refractivity contribution in [1.82, 2.24) is 9.88 Å². The van der Waals surface area contributed by atoms with Gasteiger partial charge in [-0.05, 0) is 12.1 Å². The van der Waals surface area contributed by atoms with Gasteiger partial charge in [-0.2, -0.15) is 0 Å². The summed E-state index contributed by atoms with van der Waals surface area (Å²) in [6, 6.07) is 6.69. The molecular formula is C11H14ClF2N3O3S. The van der Waals surface area contributed by atoms with E-state index in [-0.39, 0.29) is 18.1 Å². The number of nitrogens with one attached hydrogen (secondary N) is 1. The molecule has 0 radical (unpaired) electrons. The molecule has 0 aliphatic rings. The number of hydrogen-bond donors (Lipinski definition) is 2. The van der Waals surface area contributed by atoms with Crippen LogP contribution in [0.4, 0.5) is 8.78 Å². The molecule has 0 unspecified atom stereocenters.